The van der Waals surface area contributed by atoms with Crippen molar-refractivity contribution in [3.8, 4) is 0 Å². The van der Waals surface area contributed by atoms with Gasteiger partial charge in [0, 0.05) is 6.54 Å². The zero-order chi connectivity index (χ0) is 12.9. The molecule has 96 valence electrons. The lowest BCUT2D eigenvalue weighted by atomic mass is 9.98. The zero-order valence-electron chi connectivity index (χ0n) is 8.47. The third-order valence-electron chi connectivity index (χ3n) is 2.10. The predicted molar refractivity (Wildman–Crippen MR) is 51.2 cm³/mol. The van der Waals surface area contributed by atoms with E-state index in [1.54, 1.807) is 0 Å². The number of carbonyl (C=O) groups is 1. The molecule has 0 saturated carbocycles. The quantitative estimate of drug-likeness (QED) is 0.233. The lowest BCUT2D eigenvalue weighted by molar-refractivity contribution is -0.153. The molecule has 16 heavy (non-hydrogen) atoms. The maximum Gasteiger partial charge on any atom is 0.193 e. The number of carbonyl (C=O) groups excluding carboxylic acids is 1. The van der Waals surface area contributed by atoms with Gasteiger partial charge in [-0.15, -0.1) is 0 Å². The number of rotatable bonds is 7. The van der Waals surface area contributed by atoms with Crippen LogP contribution in [0.25, 0.3) is 0 Å². The first-order chi connectivity index (χ1) is 7.36. The number of ketones is 1. The van der Waals surface area contributed by atoms with Crippen LogP contribution in [-0.2, 0) is 4.79 Å². The number of aliphatic hydroxyl groups is 6. The van der Waals surface area contributed by atoms with E-state index in [9.17, 15) is 20.1 Å². The summed E-state index contributed by atoms with van der Waals surface area (Å²) in [6.07, 6.45) is -9.38. The molecule has 0 aromatic rings. The molecule has 0 bridgehead atoms. The Morgan fingerprint density at radius 2 is 1.56 bits per heavy atom. The van der Waals surface area contributed by atoms with Crippen molar-refractivity contribution in [2.45, 2.75) is 30.5 Å². The van der Waals surface area contributed by atoms with Crippen LogP contribution >= 0.6 is 0 Å². The maximum atomic E-state index is 11.1. The van der Waals surface area contributed by atoms with Crippen LogP contribution in [0.4, 0.5) is 0 Å². The molecule has 0 spiro atoms. The second kappa shape index (κ2) is 6.86. The first kappa shape index (κ1) is 15.4. The standard InChI is InChI=1S/C8H17NO7/c9-1-3(11)5(13)7(15)8(16)6(14)4(12)2-10/h3-4,6-8,10-12,14-16H,1-2,9H2. The second-order valence-electron chi connectivity index (χ2n) is 3.33. The van der Waals surface area contributed by atoms with Gasteiger partial charge in [0.15, 0.2) is 5.78 Å². The zero-order valence-corrected chi connectivity index (χ0v) is 8.47. The molecular formula is C8H17NO7. The van der Waals surface area contributed by atoms with Crippen molar-refractivity contribution in [1.82, 2.24) is 0 Å². The molecule has 0 aliphatic carbocycles. The summed E-state index contributed by atoms with van der Waals surface area (Å²) in [6.45, 7) is -1.29. The van der Waals surface area contributed by atoms with Gasteiger partial charge in [-0.1, -0.05) is 0 Å². The summed E-state index contributed by atoms with van der Waals surface area (Å²) in [6, 6.07) is 0. The highest BCUT2D eigenvalue weighted by molar-refractivity contribution is 5.87. The molecule has 0 saturated heterocycles. The molecule has 0 aromatic heterocycles. The number of nitrogens with two attached hydrogens (primary N) is 1. The number of Topliss-reactive ketones (excluding diaryl/α,β-unsaturated/α-hetero) is 1. The Labute approximate surface area is 91.6 Å². The van der Waals surface area contributed by atoms with Crippen LogP contribution in [0.2, 0.25) is 0 Å². The van der Waals surface area contributed by atoms with Crippen molar-refractivity contribution >= 4 is 5.78 Å². The van der Waals surface area contributed by atoms with Crippen LogP contribution in [0.5, 0.6) is 0 Å². The number of hydrogen-bond donors (Lipinski definition) is 7. The minimum atomic E-state index is -2.09. The predicted octanol–water partition coefficient (Wildman–Crippen LogP) is -4.69. The minimum Gasteiger partial charge on any atom is -0.394 e. The van der Waals surface area contributed by atoms with Gasteiger partial charge in [-0.3, -0.25) is 4.79 Å². The molecule has 0 amide bonds. The molecule has 0 rings (SSSR count). The van der Waals surface area contributed by atoms with Crippen molar-refractivity contribution in [3.63, 3.8) is 0 Å². The van der Waals surface area contributed by atoms with E-state index in [4.69, 9.17) is 21.1 Å². The monoisotopic (exact) mass is 239 g/mol. The molecule has 8 nitrogen and oxygen atoms in total. The lowest BCUT2D eigenvalue weighted by Gasteiger charge is -2.25. The van der Waals surface area contributed by atoms with E-state index >= 15 is 0 Å². The van der Waals surface area contributed by atoms with Gasteiger partial charge in [-0.05, 0) is 0 Å². The number of hydrogen-bond acceptors (Lipinski definition) is 8. The molecular weight excluding hydrogens is 222 g/mol. The molecule has 0 fully saturated rings. The van der Waals surface area contributed by atoms with Gasteiger partial charge in [-0.25, -0.2) is 0 Å². The fourth-order valence-electron chi connectivity index (χ4n) is 1.00. The summed E-state index contributed by atoms with van der Waals surface area (Å²) in [5.41, 5.74) is 4.96. The number of aliphatic hydroxyl groups excluding tert-OH is 6. The first-order valence-corrected chi connectivity index (χ1v) is 4.61. The molecule has 5 unspecified atom stereocenters. The third-order valence-corrected chi connectivity index (χ3v) is 2.10. The van der Waals surface area contributed by atoms with E-state index in [-0.39, 0.29) is 0 Å². The normalized spacial score (nSPS) is 20.9. The second-order valence-corrected chi connectivity index (χ2v) is 3.33. The topological polar surface area (TPSA) is 164 Å². The van der Waals surface area contributed by atoms with Crippen molar-refractivity contribution in [2.75, 3.05) is 13.2 Å². The molecule has 0 aliphatic rings. The van der Waals surface area contributed by atoms with Crippen molar-refractivity contribution < 1.29 is 35.4 Å². The molecule has 8 N–H and O–H groups in total. The van der Waals surface area contributed by atoms with Crippen LogP contribution in [0.3, 0.4) is 0 Å². The smallest absolute Gasteiger partial charge is 0.193 e. The highest BCUT2D eigenvalue weighted by atomic mass is 16.4. The van der Waals surface area contributed by atoms with Gasteiger partial charge in [0.05, 0.1) is 6.61 Å². The van der Waals surface area contributed by atoms with E-state index < -0.39 is 49.5 Å². The van der Waals surface area contributed by atoms with Crippen LogP contribution < -0.4 is 5.73 Å². The van der Waals surface area contributed by atoms with E-state index in [0.717, 1.165) is 0 Å². The first-order valence-electron chi connectivity index (χ1n) is 4.61. The molecule has 0 radical (unpaired) electrons. The largest absolute Gasteiger partial charge is 0.394 e. The fourth-order valence-corrected chi connectivity index (χ4v) is 1.00. The van der Waals surface area contributed by atoms with Crippen LogP contribution in [-0.4, -0.2) is 80.1 Å². The van der Waals surface area contributed by atoms with Gasteiger partial charge in [-0.2, -0.15) is 0 Å². The Bertz CT molecular complexity index is 224. The van der Waals surface area contributed by atoms with Gasteiger partial charge >= 0.3 is 0 Å². The Morgan fingerprint density at radius 1 is 1.06 bits per heavy atom. The summed E-state index contributed by atoms with van der Waals surface area (Å²) in [7, 11) is 0. The summed E-state index contributed by atoms with van der Waals surface area (Å²) in [5.74, 6) is -1.17. The molecule has 8 heteroatoms. The van der Waals surface area contributed by atoms with Crippen LogP contribution in [0, 0.1) is 0 Å². The molecule has 0 aliphatic heterocycles. The minimum absolute atomic E-state index is 0.443. The van der Waals surface area contributed by atoms with Crippen molar-refractivity contribution in [3.05, 3.63) is 0 Å². The fraction of sp³-hybridized carbons (Fsp3) is 0.875. The average molecular weight is 239 g/mol. The highest BCUT2D eigenvalue weighted by Gasteiger charge is 2.36. The lowest BCUT2D eigenvalue weighted by Crippen LogP contribution is -2.51. The summed E-state index contributed by atoms with van der Waals surface area (Å²) in [5, 5.41) is 54.1. The molecule has 5 atom stereocenters. The van der Waals surface area contributed by atoms with Gasteiger partial charge in [0.1, 0.15) is 30.5 Å². The Balaban J connectivity index is 4.48. The Kier molecular flexibility index (Phi) is 6.60. The maximum absolute atomic E-state index is 11.1. The van der Waals surface area contributed by atoms with E-state index in [2.05, 4.69) is 0 Å². The van der Waals surface area contributed by atoms with Gasteiger partial charge in [0.2, 0.25) is 0 Å². The van der Waals surface area contributed by atoms with Gasteiger partial charge in [0.25, 0.3) is 0 Å². The van der Waals surface area contributed by atoms with Crippen molar-refractivity contribution in [2.24, 2.45) is 5.73 Å². The third kappa shape index (κ3) is 3.76. The molecule has 0 heterocycles. The highest BCUT2D eigenvalue weighted by Crippen LogP contribution is 2.07. The summed E-state index contributed by atoms with van der Waals surface area (Å²) >= 11 is 0. The van der Waals surface area contributed by atoms with Crippen LogP contribution in [0.1, 0.15) is 0 Å². The van der Waals surface area contributed by atoms with E-state index in [1.165, 1.54) is 0 Å². The van der Waals surface area contributed by atoms with E-state index in [0.29, 0.717) is 0 Å². The Hall–Kier alpha value is -0.610. The summed E-state index contributed by atoms with van der Waals surface area (Å²) < 4.78 is 0. The van der Waals surface area contributed by atoms with Gasteiger partial charge < -0.3 is 36.4 Å². The van der Waals surface area contributed by atoms with E-state index in [1.807, 2.05) is 0 Å². The van der Waals surface area contributed by atoms with Crippen molar-refractivity contribution in [1.29, 1.82) is 0 Å². The van der Waals surface area contributed by atoms with Crippen LogP contribution in [0.15, 0.2) is 0 Å². The Morgan fingerprint density at radius 3 is 1.94 bits per heavy atom. The molecule has 0 aromatic carbocycles. The SMILES string of the molecule is NCC(O)C(=O)C(O)C(O)C(O)C(O)CO. The average Bonchev–Trinajstić information content (AvgIpc) is 2.32. The summed E-state index contributed by atoms with van der Waals surface area (Å²) in [4.78, 5) is 11.1.